The first kappa shape index (κ1) is 26.5. The number of carbonyl (C=O) groups excluding carboxylic acids is 1. The maximum Gasteiger partial charge on any atom is 0.415 e. The van der Waals surface area contributed by atoms with Gasteiger partial charge in [-0.05, 0) is 63.8 Å². The summed E-state index contributed by atoms with van der Waals surface area (Å²) in [5.74, 6) is 0.669. The second kappa shape index (κ2) is 9.85. The summed E-state index contributed by atoms with van der Waals surface area (Å²) in [5.41, 5.74) is 4.01. The molecule has 2 aromatic carbocycles. The molecule has 0 aliphatic carbocycles. The van der Waals surface area contributed by atoms with Gasteiger partial charge >= 0.3 is 6.09 Å². The molecule has 1 heterocycles. The summed E-state index contributed by atoms with van der Waals surface area (Å²) >= 11 is 0. The van der Waals surface area contributed by atoms with E-state index in [-0.39, 0.29) is 5.92 Å². The Kier molecular flexibility index (Phi) is 7.45. The molecular weight excluding hydrogens is 462 g/mol. The van der Waals surface area contributed by atoms with Crippen LogP contribution in [0.3, 0.4) is 0 Å². The van der Waals surface area contributed by atoms with Gasteiger partial charge in [0.25, 0.3) is 0 Å². The van der Waals surface area contributed by atoms with Gasteiger partial charge in [0.05, 0.1) is 17.5 Å². The molecule has 0 saturated heterocycles. The van der Waals surface area contributed by atoms with Crippen molar-refractivity contribution in [3.05, 3.63) is 53.7 Å². The number of nitrogens with one attached hydrogen (secondary N) is 1. The number of ether oxygens (including phenoxy) is 1. The molecule has 1 amide bonds. The van der Waals surface area contributed by atoms with Crippen LogP contribution in [0.2, 0.25) is 0 Å². The Morgan fingerprint density at radius 1 is 1.11 bits per heavy atom. The number of aromatic nitrogens is 1. The van der Waals surface area contributed by atoms with Gasteiger partial charge in [-0.2, -0.15) is 0 Å². The second-order valence-electron chi connectivity index (χ2n) is 10.4. The van der Waals surface area contributed by atoms with Gasteiger partial charge in [-0.25, -0.2) is 18.2 Å². The van der Waals surface area contributed by atoms with Crippen molar-refractivity contribution in [3.63, 3.8) is 0 Å². The van der Waals surface area contributed by atoms with Crippen molar-refractivity contribution in [2.75, 3.05) is 18.0 Å². The lowest BCUT2D eigenvalue weighted by molar-refractivity contribution is 0.124. The van der Waals surface area contributed by atoms with Crippen molar-refractivity contribution in [2.24, 2.45) is 5.92 Å². The van der Waals surface area contributed by atoms with Crippen molar-refractivity contribution in [1.82, 2.24) is 9.88 Å². The van der Waals surface area contributed by atoms with Crippen LogP contribution in [-0.4, -0.2) is 43.2 Å². The van der Waals surface area contributed by atoms with Crippen LogP contribution in [0.25, 0.3) is 22.0 Å². The number of hydrogen-bond donors (Lipinski definition) is 1. The smallest absolute Gasteiger partial charge is 0.408 e. The van der Waals surface area contributed by atoms with Gasteiger partial charge in [0.15, 0.2) is 5.75 Å². The van der Waals surface area contributed by atoms with Gasteiger partial charge in [-0.1, -0.05) is 43.7 Å². The minimum Gasteiger partial charge on any atom is -0.408 e. The monoisotopic (exact) mass is 497 g/mol. The lowest BCUT2D eigenvalue weighted by Crippen LogP contribution is -2.44. The number of pyridine rings is 1. The Labute approximate surface area is 208 Å². The molecule has 35 heavy (non-hydrogen) atoms. The summed E-state index contributed by atoms with van der Waals surface area (Å²) in [6.45, 7) is 12.0. The molecule has 0 spiro atoms. The standard InChI is InChI=1S/C27H35N3O4S/c1-17(2)15-23-25(34-26(31)30(7)27(4,5)6)24(19-11-9-18(3)10-12-19)21-16-20(29-35(8,32)33)13-14-22(21)28-23/h9-14,16-17,29H,15H2,1-8H3. The zero-order chi connectivity index (χ0) is 26.1. The summed E-state index contributed by atoms with van der Waals surface area (Å²) in [6.07, 6.45) is 1.24. The van der Waals surface area contributed by atoms with Crippen molar-refractivity contribution in [1.29, 1.82) is 0 Å². The zero-order valence-corrected chi connectivity index (χ0v) is 22.6. The van der Waals surface area contributed by atoms with Gasteiger partial charge in [-0.3, -0.25) is 4.72 Å². The number of hydrogen-bond acceptors (Lipinski definition) is 5. The van der Waals surface area contributed by atoms with E-state index < -0.39 is 21.7 Å². The molecule has 0 unspecified atom stereocenters. The van der Waals surface area contributed by atoms with Crippen LogP contribution in [-0.2, 0) is 16.4 Å². The number of benzene rings is 2. The number of carbonyl (C=O) groups is 1. The van der Waals surface area contributed by atoms with Crippen LogP contribution >= 0.6 is 0 Å². The Bertz CT molecular complexity index is 1340. The molecule has 1 N–H and O–H groups in total. The molecule has 0 fully saturated rings. The molecule has 0 aliphatic heterocycles. The Morgan fingerprint density at radius 2 is 1.74 bits per heavy atom. The lowest BCUT2D eigenvalue weighted by atomic mass is 9.95. The molecule has 0 radical (unpaired) electrons. The normalized spacial score (nSPS) is 12.1. The van der Waals surface area contributed by atoms with E-state index in [0.29, 0.717) is 40.0 Å². The molecule has 1 aromatic heterocycles. The van der Waals surface area contributed by atoms with Crippen LogP contribution in [0, 0.1) is 12.8 Å². The highest BCUT2D eigenvalue weighted by molar-refractivity contribution is 7.92. The number of nitrogens with zero attached hydrogens (tertiary/aromatic N) is 2. The number of anilines is 1. The van der Waals surface area contributed by atoms with E-state index in [2.05, 4.69) is 18.6 Å². The molecular formula is C27H35N3O4S. The largest absolute Gasteiger partial charge is 0.415 e. The SMILES string of the molecule is Cc1ccc(-c2c(OC(=O)N(C)C(C)(C)C)c(CC(C)C)nc3ccc(NS(C)(=O)=O)cc23)cc1. The summed E-state index contributed by atoms with van der Waals surface area (Å²) < 4.78 is 32.4. The summed E-state index contributed by atoms with van der Waals surface area (Å²) in [6, 6.07) is 13.2. The van der Waals surface area contributed by atoms with E-state index in [1.54, 1.807) is 30.1 Å². The number of sulfonamides is 1. The van der Waals surface area contributed by atoms with Crippen LogP contribution in [0.1, 0.15) is 45.9 Å². The first-order chi connectivity index (χ1) is 16.2. The van der Waals surface area contributed by atoms with Gasteiger partial charge in [0.1, 0.15) is 0 Å². The zero-order valence-electron chi connectivity index (χ0n) is 21.8. The summed E-state index contributed by atoms with van der Waals surface area (Å²) in [5, 5.41) is 0.691. The number of amides is 1. The summed E-state index contributed by atoms with van der Waals surface area (Å²) in [4.78, 5) is 19.6. The lowest BCUT2D eigenvalue weighted by Gasteiger charge is -2.31. The summed E-state index contributed by atoms with van der Waals surface area (Å²) in [7, 11) is -1.77. The number of fused-ring (bicyclic) bond motifs is 1. The molecule has 7 nitrogen and oxygen atoms in total. The maximum absolute atomic E-state index is 13.2. The first-order valence-corrected chi connectivity index (χ1v) is 13.5. The van der Waals surface area contributed by atoms with E-state index in [4.69, 9.17) is 9.72 Å². The molecule has 0 atom stereocenters. The van der Waals surface area contributed by atoms with Gasteiger partial charge < -0.3 is 9.64 Å². The highest BCUT2D eigenvalue weighted by atomic mass is 32.2. The molecule has 8 heteroatoms. The average Bonchev–Trinajstić information content (AvgIpc) is 2.72. The van der Waals surface area contributed by atoms with Crippen LogP contribution in [0.5, 0.6) is 5.75 Å². The van der Waals surface area contributed by atoms with E-state index >= 15 is 0 Å². The highest BCUT2D eigenvalue weighted by Gasteiger charge is 2.28. The van der Waals surface area contributed by atoms with E-state index in [0.717, 1.165) is 17.4 Å². The van der Waals surface area contributed by atoms with Gasteiger partial charge in [0, 0.05) is 29.2 Å². The second-order valence-corrected chi connectivity index (χ2v) is 12.2. The topological polar surface area (TPSA) is 88.6 Å². The van der Waals surface area contributed by atoms with Crippen molar-refractivity contribution in [2.45, 2.75) is 53.5 Å². The average molecular weight is 498 g/mol. The van der Waals surface area contributed by atoms with Gasteiger partial charge in [-0.15, -0.1) is 0 Å². The molecule has 0 bridgehead atoms. The fraction of sp³-hybridized carbons (Fsp3) is 0.407. The van der Waals surface area contributed by atoms with Crippen molar-refractivity contribution in [3.8, 4) is 16.9 Å². The Hall–Kier alpha value is -3.13. The van der Waals surface area contributed by atoms with E-state index in [9.17, 15) is 13.2 Å². The minimum absolute atomic E-state index is 0.273. The number of rotatable bonds is 6. The fourth-order valence-corrected chi connectivity index (χ4v) is 4.20. The minimum atomic E-state index is -3.47. The Morgan fingerprint density at radius 3 is 2.29 bits per heavy atom. The fourth-order valence-electron chi connectivity index (χ4n) is 3.65. The Balaban J connectivity index is 2.35. The first-order valence-electron chi connectivity index (χ1n) is 11.6. The van der Waals surface area contributed by atoms with Crippen LogP contribution in [0.15, 0.2) is 42.5 Å². The number of aryl methyl sites for hydroxylation is 1. The van der Waals surface area contributed by atoms with E-state index in [1.807, 2.05) is 52.0 Å². The van der Waals surface area contributed by atoms with Crippen LogP contribution in [0.4, 0.5) is 10.5 Å². The molecule has 188 valence electrons. The third kappa shape index (κ3) is 6.51. The third-order valence-corrected chi connectivity index (χ3v) is 6.33. The molecule has 3 rings (SSSR count). The van der Waals surface area contributed by atoms with E-state index in [1.165, 1.54) is 0 Å². The molecule has 0 saturated carbocycles. The van der Waals surface area contributed by atoms with Crippen molar-refractivity contribution >= 4 is 32.7 Å². The predicted molar refractivity (Wildman–Crippen MR) is 142 cm³/mol. The molecule has 0 aliphatic rings. The third-order valence-electron chi connectivity index (χ3n) is 5.73. The maximum atomic E-state index is 13.2. The van der Waals surface area contributed by atoms with Crippen molar-refractivity contribution < 1.29 is 17.9 Å². The highest BCUT2D eigenvalue weighted by Crippen LogP contribution is 2.41. The van der Waals surface area contributed by atoms with Crippen LogP contribution < -0.4 is 9.46 Å². The molecule has 3 aromatic rings. The predicted octanol–water partition coefficient (Wildman–Crippen LogP) is 6.01. The quantitative estimate of drug-likeness (QED) is 0.451. The van der Waals surface area contributed by atoms with Gasteiger partial charge in [0.2, 0.25) is 10.0 Å².